The van der Waals surface area contributed by atoms with Crippen molar-refractivity contribution in [2.45, 2.75) is 58.3 Å². The predicted molar refractivity (Wildman–Crippen MR) is 107 cm³/mol. The molecule has 0 bridgehead atoms. The average molecular weight is 357 g/mol. The molecule has 1 unspecified atom stereocenters. The summed E-state index contributed by atoms with van der Waals surface area (Å²) in [6, 6.07) is 15.0. The second kappa shape index (κ2) is 8.76. The molecule has 3 rings (SSSR count). The van der Waals surface area contributed by atoms with E-state index in [2.05, 4.69) is 37.3 Å². The van der Waals surface area contributed by atoms with E-state index in [1.807, 2.05) is 19.1 Å². The molecule has 1 nitrogen and oxygen atoms in total. The molecule has 0 N–H and O–H groups in total. The summed E-state index contributed by atoms with van der Waals surface area (Å²) in [4.78, 5) is 0. The van der Waals surface area contributed by atoms with Gasteiger partial charge in [-0.05, 0) is 66.5 Å². The minimum absolute atomic E-state index is 0.611. The molecule has 1 saturated carbocycles. The molecule has 0 radical (unpaired) electrons. The summed E-state index contributed by atoms with van der Waals surface area (Å²) in [5.74, 6) is 2.45. The first kappa shape index (κ1) is 18.3. The van der Waals surface area contributed by atoms with Crippen molar-refractivity contribution in [3.8, 4) is 5.75 Å². The third kappa shape index (κ3) is 5.01. The normalized spacial score (nSPS) is 16.1. The molecule has 2 aromatic carbocycles. The highest BCUT2D eigenvalue weighted by Crippen LogP contribution is 2.35. The topological polar surface area (TPSA) is 9.23 Å². The van der Waals surface area contributed by atoms with Crippen LogP contribution in [0.4, 0.5) is 0 Å². The first-order chi connectivity index (χ1) is 12.2. The largest absolute Gasteiger partial charge is 0.494 e. The molecule has 1 fully saturated rings. The van der Waals surface area contributed by atoms with Crippen molar-refractivity contribution >= 4 is 11.6 Å². The highest BCUT2D eigenvalue weighted by atomic mass is 35.5. The Morgan fingerprint density at radius 2 is 1.80 bits per heavy atom. The zero-order valence-corrected chi connectivity index (χ0v) is 16.2. The Hall–Kier alpha value is -1.47. The van der Waals surface area contributed by atoms with Gasteiger partial charge in [-0.2, -0.15) is 0 Å². The van der Waals surface area contributed by atoms with E-state index in [1.165, 1.54) is 48.8 Å². The van der Waals surface area contributed by atoms with Crippen molar-refractivity contribution in [3.63, 3.8) is 0 Å². The van der Waals surface area contributed by atoms with Gasteiger partial charge in [-0.15, -0.1) is 0 Å². The fraction of sp³-hybridized carbons (Fsp3) is 0.478. The minimum atomic E-state index is 0.611. The second-order valence-electron chi connectivity index (χ2n) is 7.39. The molecule has 0 aliphatic heterocycles. The lowest BCUT2D eigenvalue weighted by Crippen LogP contribution is -2.03. The lowest BCUT2D eigenvalue weighted by atomic mass is 9.88. The van der Waals surface area contributed by atoms with Gasteiger partial charge in [0.25, 0.3) is 0 Å². The van der Waals surface area contributed by atoms with E-state index in [0.717, 1.165) is 23.1 Å². The van der Waals surface area contributed by atoms with Gasteiger partial charge in [0, 0.05) is 5.02 Å². The Morgan fingerprint density at radius 1 is 1.08 bits per heavy atom. The molecular formula is C23H29ClO. The van der Waals surface area contributed by atoms with Crippen LogP contribution in [0.2, 0.25) is 5.02 Å². The Bertz CT molecular complexity index is 671. The van der Waals surface area contributed by atoms with E-state index in [9.17, 15) is 0 Å². The first-order valence-electron chi connectivity index (χ1n) is 9.65. The van der Waals surface area contributed by atoms with E-state index >= 15 is 0 Å². The molecule has 0 heterocycles. The number of hydrogen-bond acceptors (Lipinski definition) is 1. The van der Waals surface area contributed by atoms with Crippen molar-refractivity contribution in [1.82, 2.24) is 0 Å². The lowest BCUT2D eigenvalue weighted by molar-refractivity contribution is 0.340. The van der Waals surface area contributed by atoms with Crippen molar-refractivity contribution < 1.29 is 4.74 Å². The van der Waals surface area contributed by atoms with Gasteiger partial charge in [0.15, 0.2) is 0 Å². The van der Waals surface area contributed by atoms with Crippen LogP contribution in [0.5, 0.6) is 5.75 Å². The van der Waals surface area contributed by atoms with Crippen LogP contribution < -0.4 is 4.74 Å². The Morgan fingerprint density at radius 3 is 2.48 bits per heavy atom. The number of benzene rings is 2. The van der Waals surface area contributed by atoms with Crippen LogP contribution in [0.15, 0.2) is 42.5 Å². The van der Waals surface area contributed by atoms with Crippen LogP contribution in [-0.4, -0.2) is 6.61 Å². The van der Waals surface area contributed by atoms with Crippen LogP contribution in [0.25, 0.3) is 0 Å². The molecular weight excluding hydrogens is 328 g/mol. The summed E-state index contributed by atoms with van der Waals surface area (Å²) in [6.45, 7) is 5.07. The molecule has 0 spiro atoms. The summed E-state index contributed by atoms with van der Waals surface area (Å²) in [6.07, 6.45) is 7.84. The third-order valence-electron chi connectivity index (χ3n) is 5.43. The maximum Gasteiger partial charge on any atom is 0.119 e. The zero-order chi connectivity index (χ0) is 17.6. The highest BCUT2D eigenvalue weighted by Gasteiger charge is 2.19. The SMILES string of the molecule is CCOc1ccc(Cc2cc(C(C)CC3CCCC3)ccc2Cl)cc1. The van der Waals surface area contributed by atoms with Gasteiger partial charge in [0.1, 0.15) is 5.75 Å². The van der Waals surface area contributed by atoms with Crippen molar-refractivity contribution in [2.24, 2.45) is 5.92 Å². The highest BCUT2D eigenvalue weighted by molar-refractivity contribution is 6.31. The summed E-state index contributed by atoms with van der Waals surface area (Å²) >= 11 is 6.48. The molecule has 0 amide bonds. The molecule has 134 valence electrons. The number of hydrogen-bond donors (Lipinski definition) is 0. The summed E-state index contributed by atoms with van der Waals surface area (Å²) in [5.41, 5.74) is 3.92. The maximum atomic E-state index is 6.48. The summed E-state index contributed by atoms with van der Waals surface area (Å²) < 4.78 is 5.52. The van der Waals surface area contributed by atoms with Crippen molar-refractivity contribution in [3.05, 3.63) is 64.2 Å². The maximum absolute atomic E-state index is 6.48. The van der Waals surface area contributed by atoms with Gasteiger partial charge in [0.2, 0.25) is 0 Å². The van der Waals surface area contributed by atoms with Gasteiger partial charge in [0.05, 0.1) is 6.61 Å². The second-order valence-corrected chi connectivity index (χ2v) is 7.80. The Labute approximate surface area is 157 Å². The summed E-state index contributed by atoms with van der Waals surface area (Å²) in [7, 11) is 0. The quantitative estimate of drug-likeness (QED) is 0.518. The number of halogens is 1. The van der Waals surface area contributed by atoms with Gasteiger partial charge in [-0.3, -0.25) is 0 Å². The van der Waals surface area contributed by atoms with Crippen LogP contribution >= 0.6 is 11.6 Å². The van der Waals surface area contributed by atoms with E-state index in [-0.39, 0.29) is 0 Å². The molecule has 0 saturated heterocycles. The van der Waals surface area contributed by atoms with Crippen molar-refractivity contribution in [1.29, 1.82) is 0 Å². The van der Waals surface area contributed by atoms with E-state index in [4.69, 9.17) is 16.3 Å². The van der Waals surface area contributed by atoms with Gasteiger partial charge >= 0.3 is 0 Å². The molecule has 1 aliphatic carbocycles. The van der Waals surface area contributed by atoms with Crippen LogP contribution in [0, 0.1) is 5.92 Å². The fourth-order valence-electron chi connectivity index (χ4n) is 4.01. The monoisotopic (exact) mass is 356 g/mol. The molecule has 1 atom stereocenters. The van der Waals surface area contributed by atoms with Crippen LogP contribution in [0.3, 0.4) is 0 Å². The van der Waals surface area contributed by atoms with Gasteiger partial charge < -0.3 is 4.74 Å². The predicted octanol–water partition coefficient (Wildman–Crippen LogP) is 7.01. The van der Waals surface area contributed by atoms with E-state index in [1.54, 1.807) is 0 Å². The minimum Gasteiger partial charge on any atom is -0.494 e. The van der Waals surface area contributed by atoms with E-state index in [0.29, 0.717) is 12.5 Å². The van der Waals surface area contributed by atoms with Crippen LogP contribution in [-0.2, 0) is 6.42 Å². The third-order valence-corrected chi connectivity index (χ3v) is 5.80. The molecule has 0 aromatic heterocycles. The van der Waals surface area contributed by atoms with Gasteiger partial charge in [-0.25, -0.2) is 0 Å². The van der Waals surface area contributed by atoms with Gasteiger partial charge in [-0.1, -0.05) is 68.5 Å². The Kier molecular flexibility index (Phi) is 6.42. The van der Waals surface area contributed by atoms with Crippen LogP contribution in [0.1, 0.15) is 68.6 Å². The standard InChI is InChI=1S/C23H29ClO/c1-3-25-22-11-8-19(9-12-22)15-21-16-20(10-13-23(21)24)17(2)14-18-6-4-5-7-18/h8-13,16-18H,3-7,14-15H2,1-2H3. The van der Waals surface area contributed by atoms with E-state index < -0.39 is 0 Å². The number of ether oxygens (including phenoxy) is 1. The molecule has 2 heteroatoms. The first-order valence-corrected chi connectivity index (χ1v) is 10.0. The molecule has 2 aromatic rings. The average Bonchev–Trinajstić information content (AvgIpc) is 3.11. The zero-order valence-electron chi connectivity index (χ0n) is 15.4. The fourth-order valence-corrected chi connectivity index (χ4v) is 4.19. The smallest absolute Gasteiger partial charge is 0.119 e. The number of rotatable bonds is 7. The summed E-state index contributed by atoms with van der Waals surface area (Å²) in [5, 5.41) is 0.866. The van der Waals surface area contributed by atoms with Crippen molar-refractivity contribution in [2.75, 3.05) is 6.61 Å². The Balaban J connectivity index is 1.70. The molecule has 25 heavy (non-hydrogen) atoms. The lowest BCUT2D eigenvalue weighted by Gasteiger charge is -2.18. The molecule has 1 aliphatic rings.